The lowest BCUT2D eigenvalue weighted by Gasteiger charge is -2.34. The number of pyridine rings is 1. The van der Waals surface area contributed by atoms with Gasteiger partial charge in [0.05, 0.1) is 12.6 Å². The Labute approximate surface area is 129 Å². The van der Waals surface area contributed by atoms with Crippen LogP contribution in [0.1, 0.15) is 12.8 Å². The molecule has 1 atom stereocenters. The minimum absolute atomic E-state index is 0.274. The Morgan fingerprint density at radius 2 is 2.05 bits per heavy atom. The van der Waals surface area contributed by atoms with Crippen molar-refractivity contribution in [3.8, 4) is 11.4 Å². The Morgan fingerprint density at radius 1 is 1.27 bits per heavy atom. The second kappa shape index (κ2) is 6.95. The lowest BCUT2D eigenvalue weighted by Crippen LogP contribution is -2.47. The summed E-state index contributed by atoms with van der Waals surface area (Å²) in [6.07, 6.45) is 3.17. The van der Waals surface area contributed by atoms with E-state index in [2.05, 4.69) is 24.9 Å². The number of aliphatic hydroxyl groups excluding tert-OH is 1. The standard InChI is InChI=1S/C15H21N5O2/c1-12(21)10-19-5-7-20(8-6-19)11-14-17-15(18-22-14)13-3-2-4-16-9-13/h2-4,9,12,21H,5-8,10-11H2,1H3. The fourth-order valence-electron chi connectivity index (χ4n) is 2.63. The molecule has 1 aliphatic heterocycles. The Bertz CT molecular complexity index is 579. The van der Waals surface area contributed by atoms with Crippen LogP contribution < -0.4 is 0 Å². The monoisotopic (exact) mass is 303 g/mol. The minimum atomic E-state index is -0.274. The quantitative estimate of drug-likeness (QED) is 0.868. The number of aromatic nitrogens is 3. The molecule has 7 heteroatoms. The third kappa shape index (κ3) is 3.88. The highest BCUT2D eigenvalue weighted by atomic mass is 16.5. The van der Waals surface area contributed by atoms with Crippen molar-refractivity contribution < 1.29 is 9.63 Å². The number of hydrogen-bond acceptors (Lipinski definition) is 7. The van der Waals surface area contributed by atoms with Crippen molar-refractivity contribution in [3.05, 3.63) is 30.4 Å². The minimum Gasteiger partial charge on any atom is -0.392 e. The molecule has 22 heavy (non-hydrogen) atoms. The highest BCUT2D eigenvalue weighted by Crippen LogP contribution is 2.15. The maximum atomic E-state index is 9.42. The van der Waals surface area contributed by atoms with Crippen LogP contribution >= 0.6 is 0 Å². The third-order valence-corrected chi connectivity index (χ3v) is 3.73. The number of nitrogens with zero attached hydrogens (tertiary/aromatic N) is 5. The second-order valence-electron chi connectivity index (χ2n) is 5.68. The Balaban J connectivity index is 1.54. The summed E-state index contributed by atoms with van der Waals surface area (Å²) in [4.78, 5) is 13.1. The molecule has 0 aliphatic carbocycles. The van der Waals surface area contributed by atoms with Gasteiger partial charge in [-0.25, -0.2) is 0 Å². The topological polar surface area (TPSA) is 78.5 Å². The molecule has 1 aliphatic rings. The number of β-amino-alcohol motifs (C(OH)–C–C–N with tert-alkyl or cyclic N) is 1. The highest BCUT2D eigenvalue weighted by Gasteiger charge is 2.20. The van der Waals surface area contributed by atoms with Gasteiger partial charge in [0.1, 0.15) is 0 Å². The average molecular weight is 303 g/mol. The molecule has 1 fully saturated rings. The van der Waals surface area contributed by atoms with E-state index in [1.807, 2.05) is 19.1 Å². The molecule has 1 N–H and O–H groups in total. The fourth-order valence-corrected chi connectivity index (χ4v) is 2.63. The fraction of sp³-hybridized carbons (Fsp3) is 0.533. The van der Waals surface area contributed by atoms with Gasteiger partial charge >= 0.3 is 0 Å². The molecule has 0 bridgehead atoms. The number of hydrogen-bond donors (Lipinski definition) is 1. The molecule has 0 aromatic carbocycles. The van der Waals surface area contributed by atoms with E-state index in [0.29, 0.717) is 18.3 Å². The van der Waals surface area contributed by atoms with Gasteiger partial charge in [-0.05, 0) is 19.1 Å². The summed E-state index contributed by atoms with van der Waals surface area (Å²) in [6.45, 7) is 7.01. The molecule has 7 nitrogen and oxygen atoms in total. The molecule has 3 rings (SSSR count). The average Bonchev–Trinajstić information content (AvgIpc) is 2.98. The van der Waals surface area contributed by atoms with E-state index >= 15 is 0 Å². The first kappa shape index (κ1) is 15.1. The zero-order chi connectivity index (χ0) is 15.4. The summed E-state index contributed by atoms with van der Waals surface area (Å²) in [7, 11) is 0. The van der Waals surface area contributed by atoms with E-state index in [1.54, 1.807) is 12.4 Å². The molecule has 3 heterocycles. The summed E-state index contributed by atoms with van der Waals surface area (Å²) < 4.78 is 5.33. The predicted molar refractivity (Wildman–Crippen MR) is 80.9 cm³/mol. The van der Waals surface area contributed by atoms with Crippen molar-refractivity contribution in [3.63, 3.8) is 0 Å². The van der Waals surface area contributed by atoms with Crippen LogP contribution in [0.25, 0.3) is 11.4 Å². The summed E-state index contributed by atoms with van der Waals surface area (Å²) in [5.41, 5.74) is 0.860. The van der Waals surface area contributed by atoms with Crippen molar-refractivity contribution in [1.82, 2.24) is 24.9 Å². The number of rotatable bonds is 5. The third-order valence-electron chi connectivity index (χ3n) is 3.73. The molecule has 2 aromatic rings. The first-order valence-corrected chi connectivity index (χ1v) is 7.56. The van der Waals surface area contributed by atoms with E-state index in [-0.39, 0.29) is 6.10 Å². The van der Waals surface area contributed by atoms with Crippen molar-refractivity contribution in [2.24, 2.45) is 0 Å². The molecule has 1 saturated heterocycles. The maximum absolute atomic E-state index is 9.42. The zero-order valence-electron chi connectivity index (χ0n) is 12.7. The lowest BCUT2D eigenvalue weighted by molar-refractivity contribution is 0.0737. The van der Waals surface area contributed by atoms with Crippen LogP contribution in [0.5, 0.6) is 0 Å². The molecule has 118 valence electrons. The van der Waals surface area contributed by atoms with E-state index in [1.165, 1.54) is 0 Å². The predicted octanol–water partition coefficient (Wildman–Crippen LogP) is 0.630. The maximum Gasteiger partial charge on any atom is 0.241 e. The Hall–Kier alpha value is -1.83. The van der Waals surface area contributed by atoms with Gasteiger partial charge in [-0.2, -0.15) is 4.98 Å². The summed E-state index contributed by atoms with van der Waals surface area (Å²) in [6, 6.07) is 3.77. The Morgan fingerprint density at radius 3 is 2.73 bits per heavy atom. The van der Waals surface area contributed by atoms with E-state index < -0.39 is 0 Å². The van der Waals surface area contributed by atoms with Gasteiger partial charge in [-0.3, -0.25) is 14.8 Å². The van der Waals surface area contributed by atoms with Crippen LogP contribution in [0.4, 0.5) is 0 Å². The summed E-state index contributed by atoms with van der Waals surface area (Å²) in [5.74, 6) is 1.21. The Kier molecular flexibility index (Phi) is 4.77. The van der Waals surface area contributed by atoms with Crippen molar-refractivity contribution in [2.75, 3.05) is 32.7 Å². The smallest absolute Gasteiger partial charge is 0.241 e. The van der Waals surface area contributed by atoms with Gasteiger partial charge < -0.3 is 9.63 Å². The van der Waals surface area contributed by atoms with E-state index in [9.17, 15) is 5.11 Å². The largest absolute Gasteiger partial charge is 0.392 e. The summed E-state index contributed by atoms with van der Waals surface area (Å²) >= 11 is 0. The van der Waals surface area contributed by atoms with E-state index in [4.69, 9.17) is 4.52 Å². The molecule has 2 aromatic heterocycles. The van der Waals surface area contributed by atoms with Crippen molar-refractivity contribution >= 4 is 0 Å². The molecule has 0 spiro atoms. The van der Waals surface area contributed by atoms with Crippen LogP contribution in [0.2, 0.25) is 0 Å². The van der Waals surface area contributed by atoms with Crippen LogP contribution in [0.15, 0.2) is 29.0 Å². The SMILES string of the molecule is CC(O)CN1CCN(Cc2nc(-c3cccnc3)no2)CC1. The molecule has 0 radical (unpaired) electrons. The van der Waals surface area contributed by atoms with Crippen LogP contribution in [-0.2, 0) is 6.54 Å². The molecular formula is C15H21N5O2. The first-order chi connectivity index (χ1) is 10.7. The van der Waals surface area contributed by atoms with Gasteiger partial charge in [0.15, 0.2) is 0 Å². The van der Waals surface area contributed by atoms with E-state index in [0.717, 1.165) is 38.3 Å². The van der Waals surface area contributed by atoms with Crippen LogP contribution in [0.3, 0.4) is 0 Å². The first-order valence-electron chi connectivity index (χ1n) is 7.56. The van der Waals surface area contributed by atoms with Gasteiger partial charge in [-0.15, -0.1) is 0 Å². The molecule has 0 amide bonds. The van der Waals surface area contributed by atoms with Crippen LogP contribution in [-0.4, -0.2) is 68.9 Å². The van der Waals surface area contributed by atoms with Gasteiger partial charge in [0.2, 0.25) is 11.7 Å². The number of piperazine rings is 1. The normalized spacial score (nSPS) is 18.5. The van der Waals surface area contributed by atoms with Crippen molar-refractivity contribution in [1.29, 1.82) is 0 Å². The van der Waals surface area contributed by atoms with Crippen molar-refractivity contribution in [2.45, 2.75) is 19.6 Å². The lowest BCUT2D eigenvalue weighted by atomic mass is 10.2. The molecular weight excluding hydrogens is 282 g/mol. The summed E-state index contributed by atoms with van der Waals surface area (Å²) in [5, 5.41) is 13.4. The number of aliphatic hydroxyl groups is 1. The highest BCUT2D eigenvalue weighted by molar-refractivity contribution is 5.51. The van der Waals surface area contributed by atoms with Gasteiger partial charge in [-0.1, -0.05) is 5.16 Å². The van der Waals surface area contributed by atoms with Gasteiger partial charge in [0.25, 0.3) is 0 Å². The zero-order valence-corrected chi connectivity index (χ0v) is 12.7. The van der Waals surface area contributed by atoms with Crippen LogP contribution in [0, 0.1) is 0 Å². The van der Waals surface area contributed by atoms with Gasteiger partial charge in [0, 0.05) is 50.7 Å². The second-order valence-corrected chi connectivity index (χ2v) is 5.68. The molecule has 1 unspecified atom stereocenters. The molecule has 0 saturated carbocycles.